The molecule has 1 heterocycles. The minimum atomic E-state index is 0.384. The fourth-order valence-corrected chi connectivity index (χ4v) is 4.26. The summed E-state index contributed by atoms with van der Waals surface area (Å²) in [6.45, 7) is 11.5. The first-order valence-electron chi connectivity index (χ1n) is 7.04. The van der Waals surface area contributed by atoms with Crippen LogP contribution in [0.25, 0.3) is 0 Å². The van der Waals surface area contributed by atoms with Crippen LogP contribution in [0.1, 0.15) is 62.9 Å². The lowest BCUT2D eigenvalue weighted by Crippen LogP contribution is -2.41. The van der Waals surface area contributed by atoms with Gasteiger partial charge >= 0.3 is 0 Å². The molecule has 1 aromatic rings. The van der Waals surface area contributed by atoms with Gasteiger partial charge in [0.05, 0.1) is 6.04 Å². The Bertz CT molecular complexity index is 397. The van der Waals surface area contributed by atoms with Gasteiger partial charge in [0, 0.05) is 17.1 Å². The van der Waals surface area contributed by atoms with E-state index in [1.807, 2.05) is 17.5 Å². The highest BCUT2D eigenvalue weighted by molar-refractivity contribution is 7.11. The van der Waals surface area contributed by atoms with Crippen molar-refractivity contribution in [1.29, 1.82) is 0 Å². The SMILES string of the molecule is Cc1cnc(C(C)NC2CC(C)CC(C)(C)C2)s1. The van der Waals surface area contributed by atoms with Crippen molar-refractivity contribution in [2.24, 2.45) is 11.3 Å². The van der Waals surface area contributed by atoms with E-state index in [1.54, 1.807) is 0 Å². The van der Waals surface area contributed by atoms with Gasteiger partial charge in [0.15, 0.2) is 0 Å². The maximum Gasteiger partial charge on any atom is 0.109 e. The Morgan fingerprint density at radius 3 is 2.72 bits per heavy atom. The fraction of sp³-hybridized carbons (Fsp3) is 0.800. The maximum atomic E-state index is 4.49. The molecular weight excluding hydrogens is 240 g/mol. The van der Waals surface area contributed by atoms with Crippen LogP contribution in [0, 0.1) is 18.3 Å². The minimum Gasteiger partial charge on any atom is -0.305 e. The molecule has 3 unspecified atom stereocenters. The topological polar surface area (TPSA) is 24.9 Å². The summed E-state index contributed by atoms with van der Waals surface area (Å²) in [5, 5.41) is 5.01. The van der Waals surface area contributed by atoms with E-state index in [4.69, 9.17) is 0 Å². The summed E-state index contributed by atoms with van der Waals surface area (Å²) in [5.41, 5.74) is 0.480. The van der Waals surface area contributed by atoms with Crippen molar-refractivity contribution in [2.45, 2.75) is 66.0 Å². The number of thiazole rings is 1. The van der Waals surface area contributed by atoms with E-state index in [1.165, 1.54) is 29.1 Å². The van der Waals surface area contributed by atoms with Crippen LogP contribution in [0.15, 0.2) is 6.20 Å². The van der Waals surface area contributed by atoms with Crippen LogP contribution < -0.4 is 5.32 Å². The van der Waals surface area contributed by atoms with E-state index in [-0.39, 0.29) is 0 Å². The molecule has 1 aliphatic carbocycles. The lowest BCUT2D eigenvalue weighted by Gasteiger charge is -2.40. The van der Waals surface area contributed by atoms with Crippen LogP contribution in [-0.2, 0) is 0 Å². The molecule has 2 nitrogen and oxygen atoms in total. The Hall–Kier alpha value is -0.410. The van der Waals surface area contributed by atoms with Gasteiger partial charge in [-0.15, -0.1) is 11.3 Å². The summed E-state index contributed by atoms with van der Waals surface area (Å²) in [4.78, 5) is 5.79. The lowest BCUT2D eigenvalue weighted by atomic mass is 9.70. The molecule has 0 radical (unpaired) electrons. The van der Waals surface area contributed by atoms with Crippen molar-refractivity contribution in [3.05, 3.63) is 16.1 Å². The molecule has 1 aromatic heterocycles. The van der Waals surface area contributed by atoms with Crippen molar-refractivity contribution >= 4 is 11.3 Å². The molecule has 0 bridgehead atoms. The zero-order valence-corrected chi connectivity index (χ0v) is 13.1. The highest BCUT2D eigenvalue weighted by Gasteiger charge is 2.32. The molecule has 1 N–H and O–H groups in total. The van der Waals surface area contributed by atoms with Crippen LogP contribution in [0.4, 0.5) is 0 Å². The van der Waals surface area contributed by atoms with E-state index in [2.05, 4.69) is 44.9 Å². The summed E-state index contributed by atoms with van der Waals surface area (Å²) in [6.07, 6.45) is 5.92. The van der Waals surface area contributed by atoms with Gasteiger partial charge in [-0.3, -0.25) is 0 Å². The van der Waals surface area contributed by atoms with Crippen LogP contribution in [-0.4, -0.2) is 11.0 Å². The van der Waals surface area contributed by atoms with Gasteiger partial charge in [0.2, 0.25) is 0 Å². The predicted molar refractivity (Wildman–Crippen MR) is 79.0 cm³/mol. The molecule has 0 aromatic carbocycles. The van der Waals surface area contributed by atoms with E-state index in [9.17, 15) is 0 Å². The third-order valence-electron chi connectivity index (χ3n) is 3.88. The maximum absolute atomic E-state index is 4.49. The molecule has 3 heteroatoms. The summed E-state index contributed by atoms with van der Waals surface area (Å²) in [6, 6.07) is 1.03. The first-order chi connectivity index (χ1) is 8.35. The van der Waals surface area contributed by atoms with Gasteiger partial charge in [-0.2, -0.15) is 0 Å². The van der Waals surface area contributed by atoms with Gasteiger partial charge in [0.1, 0.15) is 5.01 Å². The van der Waals surface area contributed by atoms with Crippen LogP contribution >= 0.6 is 11.3 Å². The van der Waals surface area contributed by atoms with Gasteiger partial charge in [-0.05, 0) is 44.4 Å². The molecule has 18 heavy (non-hydrogen) atoms. The summed E-state index contributed by atoms with van der Waals surface area (Å²) in [7, 11) is 0. The average molecular weight is 266 g/mol. The number of aryl methyl sites for hydroxylation is 1. The smallest absolute Gasteiger partial charge is 0.109 e. The molecule has 0 saturated heterocycles. The number of nitrogens with one attached hydrogen (secondary N) is 1. The molecular formula is C15H26N2S. The molecule has 0 aliphatic heterocycles. The van der Waals surface area contributed by atoms with Gasteiger partial charge in [0.25, 0.3) is 0 Å². The van der Waals surface area contributed by atoms with E-state index in [0.717, 1.165) is 5.92 Å². The molecule has 1 aliphatic rings. The van der Waals surface area contributed by atoms with Crippen molar-refractivity contribution in [3.63, 3.8) is 0 Å². The van der Waals surface area contributed by atoms with Gasteiger partial charge < -0.3 is 5.32 Å². The van der Waals surface area contributed by atoms with Crippen molar-refractivity contribution in [3.8, 4) is 0 Å². The fourth-order valence-electron chi connectivity index (χ4n) is 3.47. The summed E-state index contributed by atoms with van der Waals surface area (Å²) < 4.78 is 0. The Labute approximate surface area is 115 Å². The van der Waals surface area contributed by atoms with Crippen LogP contribution in [0.3, 0.4) is 0 Å². The van der Waals surface area contributed by atoms with Crippen molar-refractivity contribution in [2.75, 3.05) is 0 Å². The largest absolute Gasteiger partial charge is 0.305 e. The first kappa shape index (κ1) is 14.0. The highest BCUT2D eigenvalue weighted by Crippen LogP contribution is 2.39. The number of nitrogens with zero attached hydrogens (tertiary/aromatic N) is 1. The highest BCUT2D eigenvalue weighted by atomic mass is 32.1. The first-order valence-corrected chi connectivity index (χ1v) is 7.86. The summed E-state index contributed by atoms with van der Waals surface area (Å²) >= 11 is 1.81. The van der Waals surface area contributed by atoms with Crippen LogP contribution in [0.2, 0.25) is 0 Å². The molecule has 0 spiro atoms. The number of rotatable bonds is 3. The second kappa shape index (κ2) is 5.30. The second-order valence-corrected chi connectivity index (χ2v) is 8.07. The third-order valence-corrected chi connectivity index (χ3v) is 4.98. The van der Waals surface area contributed by atoms with Gasteiger partial charge in [-0.1, -0.05) is 20.8 Å². The normalized spacial score (nSPS) is 29.2. The van der Waals surface area contributed by atoms with Crippen molar-refractivity contribution < 1.29 is 0 Å². The second-order valence-electron chi connectivity index (χ2n) is 6.81. The molecule has 3 atom stereocenters. The Morgan fingerprint density at radius 1 is 1.44 bits per heavy atom. The van der Waals surface area contributed by atoms with Crippen LogP contribution in [0.5, 0.6) is 0 Å². The monoisotopic (exact) mass is 266 g/mol. The quantitative estimate of drug-likeness (QED) is 0.881. The molecule has 1 fully saturated rings. The van der Waals surface area contributed by atoms with Crippen molar-refractivity contribution in [1.82, 2.24) is 10.3 Å². The zero-order chi connectivity index (χ0) is 13.3. The standard InChI is InChI=1S/C15H26N2S/c1-10-6-13(8-15(4,5)7-10)17-12(3)14-16-9-11(2)18-14/h9-10,12-13,17H,6-8H2,1-5H3. The van der Waals surface area contributed by atoms with E-state index in [0.29, 0.717) is 17.5 Å². The molecule has 2 rings (SSSR count). The minimum absolute atomic E-state index is 0.384. The molecule has 0 amide bonds. The Morgan fingerprint density at radius 2 is 2.17 bits per heavy atom. The van der Waals surface area contributed by atoms with Gasteiger partial charge in [-0.25, -0.2) is 4.98 Å². The Kier molecular flexibility index (Phi) is 4.12. The average Bonchev–Trinajstić information content (AvgIpc) is 2.61. The molecule has 102 valence electrons. The molecule has 1 saturated carbocycles. The Balaban J connectivity index is 1.96. The number of hydrogen-bond acceptors (Lipinski definition) is 3. The number of hydrogen-bond donors (Lipinski definition) is 1. The van der Waals surface area contributed by atoms with E-state index >= 15 is 0 Å². The third kappa shape index (κ3) is 3.55. The summed E-state index contributed by atoms with van der Waals surface area (Å²) in [5.74, 6) is 0.830. The number of aromatic nitrogens is 1. The zero-order valence-electron chi connectivity index (χ0n) is 12.3. The lowest BCUT2D eigenvalue weighted by molar-refractivity contribution is 0.145. The predicted octanol–water partition coefficient (Wildman–Crippen LogP) is 4.32. The van der Waals surface area contributed by atoms with E-state index < -0.39 is 0 Å².